The molecule has 4 nitrogen and oxygen atoms in total. The van der Waals surface area contributed by atoms with Gasteiger partial charge in [0.2, 0.25) is 0 Å². The van der Waals surface area contributed by atoms with Crippen molar-refractivity contribution in [2.45, 2.75) is 25.3 Å². The van der Waals surface area contributed by atoms with E-state index in [2.05, 4.69) is 62.5 Å². The summed E-state index contributed by atoms with van der Waals surface area (Å²) >= 11 is 0. The molecule has 3 aromatic rings. The van der Waals surface area contributed by atoms with Gasteiger partial charge in [0.25, 0.3) is 0 Å². The Labute approximate surface area is 209 Å². The summed E-state index contributed by atoms with van der Waals surface area (Å²) in [5, 5.41) is 6.22. The molecular weight excluding hydrogens is 435 g/mol. The SMILES string of the molecule is Fc1ccc(C(CN2CCN(CCCCc3cccc4ccccc34)CC2)N2CCNCC2)cc1. The monoisotopic (exact) mass is 474 g/mol. The zero-order chi connectivity index (χ0) is 23.9. The van der Waals surface area contributed by atoms with Gasteiger partial charge in [0, 0.05) is 64.9 Å². The summed E-state index contributed by atoms with van der Waals surface area (Å²) in [4.78, 5) is 7.82. The molecule has 0 radical (unpaired) electrons. The Morgan fingerprint density at radius 2 is 1.46 bits per heavy atom. The van der Waals surface area contributed by atoms with Gasteiger partial charge in [0.15, 0.2) is 0 Å². The fourth-order valence-electron chi connectivity index (χ4n) is 5.71. The Morgan fingerprint density at radius 1 is 0.743 bits per heavy atom. The van der Waals surface area contributed by atoms with E-state index in [9.17, 15) is 4.39 Å². The minimum absolute atomic E-state index is 0.151. The molecule has 5 rings (SSSR count). The van der Waals surface area contributed by atoms with Gasteiger partial charge >= 0.3 is 0 Å². The number of hydrogen-bond donors (Lipinski definition) is 1. The van der Waals surface area contributed by atoms with E-state index in [0.717, 1.165) is 65.3 Å². The van der Waals surface area contributed by atoms with Crippen LogP contribution in [0.1, 0.15) is 30.0 Å². The topological polar surface area (TPSA) is 21.8 Å². The standard InChI is InChI=1S/C30H39FN4/c31-28-13-11-27(12-14-28)30(35-18-15-32-16-19-35)24-34-22-20-33(21-23-34)17-4-3-7-26-9-5-8-25-6-1-2-10-29(25)26/h1-2,5-6,8-14,30,32H,3-4,7,15-24H2. The number of rotatable bonds is 9. The first kappa shape index (κ1) is 24.4. The maximum Gasteiger partial charge on any atom is 0.123 e. The van der Waals surface area contributed by atoms with Crippen molar-refractivity contribution < 1.29 is 4.39 Å². The molecule has 2 heterocycles. The third-order valence-corrected chi connectivity index (χ3v) is 7.79. The molecule has 0 spiro atoms. The fourth-order valence-corrected chi connectivity index (χ4v) is 5.71. The number of nitrogens with zero attached hydrogens (tertiary/aromatic N) is 3. The summed E-state index contributed by atoms with van der Waals surface area (Å²) in [6.07, 6.45) is 3.65. The van der Waals surface area contributed by atoms with E-state index < -0.39 is 0 Å². The van der Waals surface area contributed by atoms with E-state index in [1.54, 1.807) is 12.1 Å². The van der Waals surface area contributed by atoms with Crippen molar-refractivity contribution in [1.29, 1.82) is 0 Å². The summed E-state index contributed by atoms with van der Waals surface area (Å²) in [5.41, 5.74) is 2.72. The first-order chi connectivity index (χ1) is 17.3. The highest BCUT2D eigenvalue weighted by atomic mass is 19.1. The van der Waals surface area contributed by atoms with Crippen LogP contribution in [0.15, 0.2) is 66.7 Å². The van der Waals surface area contributed by atoms with Crippen molar-refractivity contribution in [2.24, 2.45) is 0 Å². The highest BCUT2D eigenvalue weighted by Crippen LogP contribution is 2.24. The minimum atomic E-state index is -0.151. The summed E-state index contributed by atoms with van der Waals surface area (Å²) in [6.45, 7) is 10.9. The van der Waals surface area contributed by atoms with Gasteiger partial charge in [-0.1, -0.05) is 54.6 Å². The normalized spacial score (nSPS) is 19.2. The Bertz CT molecular complexity index is 1050. The quantitative estimate of drug-likeness (QED) is 0.459. The van der Waals surface area contributed by atoms with Gasteiger partial charge in [-0.3, -0.25) is 9.80 Å². The molecule has 1 unspecified atom stereocenters. The maximum atomic E-state index is 13.5. The molecule has 2 fully saturated rings. The van der Waals surface area contributed by atoms with Crippen LogP contribution in [0.25, 0.3) is 10.8 Å². The number of benzene rings is 3. The summed E-state index contributed by atoms with van der Waals surface area (Å²) in [5.74, 6) is -0.151. The van der Waals surface area contributed by atoms with Crippen molar-refractivity contribution in [3.8, 4) is 0 Å². The van der Waals surface area contributed by atoms with E-state index in [1.807, 2.05) is 12.1 Å². The van der Waals surface area contributed by atoms with Crippen LogP contribution >= 0.6 is 0 Å². The minimum Gasteiger partial charge on any atom is -0.314 e. The lowest BCUT2D eigenvalue weighted by molar-refractivity contribution is 0.0830. The molecule has 2 aliphatic heterocycles. The summed E-state index contributed by atoms with van der Waals surface area (Å²) < 4.78 is 13.5. The van der Waals surface area contributed by atoms with Gasteiger partial charge in [0.1, 0.15) is 5.82 Å². The van der Waals surface area contributed by atoms with Gasteiger partial charge in [-0.15, -0.1) is 0 Å². The second kappa shape index (κ2) is 12.1. The lowest BCUT2D eigenvalue weighted by Crippen LogP contribution is -2.51. The molecule has 0 saturated carbocycles. The van der Waals surface area contributed by atoms with Gasteiger partial charge in [-0.25, -0.2) is 4.39 Å². The van der Waals surface area contributed by atoms with Gasteiger partial charge < -0.3 is 10.2 Å². The van der Waals surface area contributed by atoms with E-state index in [1.165, 1.54) is 41.3 Å². The van der Waals surface area contributed by atoms with Crippen LogP contribution in [-0.2, 0) is 6.42 Å². The number of piperazine rings is 2. The first-order valence-electron chi connectivity index (χ1n) is 13.4. The van der Waals surface area contributed by atoms with Crippen LogP contribution in [0.3, 0.4) is 0 Å². The molecule has 5 heteroatoms. The second-order valence-electron chi connectivity index (χ2n) is 10.1. The average Bonchev–Trinajstić information content (AvgIpc) is 2.92. The van der Waals surface area contributed by atoms with E-state index in [4.69, 9.17) is 0 Å². The van der Waals surface area contributed by atoms with E-state index >= 15 is 0 Å². The Balaban J connectivity index is 1.09. The number of aryl methyl sites for hydroxylation is 1. The number of nitrogens with one attached hydrogen (secondary N) is 1. The molecule has 1 N–H and O–H groups in total. The first-order valence-corrected chi connectivity index (χ1v) is 13.4. The van der Waals surface area contributed by atoms with E-state index in [0.29, 0.717) is 6.04 Å². The highest BCUT2D eigenvalue weighted by Gasteiger charge is 2.26. The number of unbranched alkanes of at least 4 members (excludes halogenated alkanes) is 1. The summed E-state index contributed by atoms with van der Waals surface area (Å²) in [6, 6.07) is 22.9. The molecule has 2 saturated heterocycles. The predicted octanol–water partition coefficient (Wildman–Crippen LogP) is 4.57. The van der Waals surface area contributed by atoms with Gasteiger partial charge in [0.05, 0.1) is 0 Å². The zero-order valence-corrected chi connectivity index (χ0v) is 20.8. The third-order valence-electron chi connectivity index (χ3n) is 7.79. The van der Waals surface area contributed by atoms with Crippen LogP contribution in [0.4, 0.5) is 4.39 Å². The van der Waals surface area contributed by atoms with Crippen LogP contribution in [0, 0.1) is 5.82 Å². The number of hydrogen-bond acceptors (Lipinski definition) is 4. The van der Waals surface area contributed by atoms with Crippen molar-refractivity contribution in [2.75, 3.05) is 65.4 Å². The lowest BCUT2D eigenvalue weighted by atomic mass is 10.00. The zero-order valence-electron chi connectivity index (χ0n) is 20.8. The van der Waals surface area contributed by atoms with Gasteiger partial charge in [-0.05, 0) is 59.8 Å². The van der Waals surface area contributed by atoms with Crippen molar-refractivity contribution in [3.05, 3.63) is 83.7 Å². The summed E-state index contributed by atoms with van der Waals surface area (Å²) in [7, 11) is 0. The van der Waals surface area contributed by atoms with E-state index in [-0.39, 0.29) is 5.82 Å². The largest absolute Gasteiger partial charge is 0.314 e. The molecule has 0 bridgehead atoms. The van der Waals surface area contributed by atoms with Crippen LogP contribution < -0.4 is 5.32 Å². The smallest absolute Gasteiger partial charge is 0.123 e. The van der Waals surface area contributed by atoms with Crippen molar-refractivity contribution in [1.82, 2.24) is 20.0 Å². The van der Waals surface area contributed by atoms with Gasteiger partial charge in [-0.2, -0.15) is 0 Å². The average molecular weight is 475 g/mol. The van der Waals surface area contributed by atoms with Crippen molar-refractivity contribution >= 4 is 10.8 Å². The molecule has 186 valence electrons. The maximum absolute atomic E-state index is 13.5. The Kier molecular flexibility index (Phi) is 8.42. The molecule has 2 aliphatic rings. The Hall–Kier alpha value is -2.31. The third kappa shape index (κ3) is 6.47. The Morgan fingerprint density at radius 3 is 2.26 bits per heavy atom. The van der Waals surface area contributed by atoms with Crippen LogP contribution in [0.5, 0.6) is 0 Å². The number of halogens is 1. The lowest BCUT2D eigenvalue weighted by Gasteiger charge is -2.41. The molecule has 35 heavy (non-hydrogen) atoms. The van der Waals surface area contributed by atoms with Crippen molar-refractivity contribution in [3.63, 3.8) is 0 Å². The fraction of sp³-hybridized carbons (Fsp3) is 0.467. The molecular formula is C30H39FN4. The van der Waals surface area contributed by atoms with Crippen LogP contribution in [0.2, 0.25) is 0 Å². The molecule has 3 aromatic carbocycles. The highest BCUT2D eigenvalue weighted by molar-refractivity contribution is 5.85. The molecule has 0 aliphatic carbocycles. The number of fused-ring (bicyclic) bond motifs is 1. The second-order valence-corrected chi connectivity index (χ2v) is 10.1. The predicted molar refractivity (Wildman–Crippen MR) is 143 cm³/mol. The van der Waals surface area contributed by atoms with Crippen LogP contribution in [-0.4, -0.2) is 80.1 Å². The molecule has 0 aromatic heterocycles. The molecule has 0 amide bonds. The molecule has 1 atom stereocenters.